The Morgan fingerprint density at radius 2 is 1.91 bits per heavy atom. The van der Waals surface area contributed by atoms with Crippen LogP contribution in [0.3, 0.4) is 0 Å². The van der Waals surface area contributed by atoms with E-state index in [1.54, 1.807) is 29.2 Å². The Hall–Kier alpha value is -3.63. The number of benzene rings is 2. The second-order valence-electron chi connectivity index (χ2n) is 8.65. The highest BCUT2D eigenvalue weighted by molar-refractivity contribution is 6.18. The lowest BCUT2D eigenvalue weighted by molar-refractivity contribution is -0.133. The molecule has 33 heavy (non-hydrogen) atoms. The normalized spacial score (nSPS) is 13.8. The van der Waals surface area contributed by atoms with Crippen LogP contribution in [-0.2, 0) is 4.79 Å². The van der Waals surface area contributed by atoms with Gasteiger partial charge in [0, 0.05) is 48.3 Å². The van der Waals surface area contributed by atoms with E-state index in [1.807, 2.05) is 32.9 Å². The van der Waals surface area contributed by atoms with Crippen LogP contribution in [0.15, 0.2) is 36.4 Å². The molecule has 0 radical (unpaired) electrons. The molecular formula is C26H28N4O3. The average Bonchev–Trinajstić information content (AvgIpc) is 3.17. The van der Waals surface area contributed by atoms with E-state index in [0.717, 1.165) is 35.2 Å². The predicted molar refractivity (Wildman–Crippen MR) is 127 cm³/mol. The van der Waals surface area contributed by atoms with E-state index >= 15 is 0 Å². The molecule has 1 amide bonds. The molecule has 1 aliphatic heterocycles. The first-order valence-corrected chi connectivity index (χ1v) is 11.2. The number of hydrogen-bond donors (Lipinski definition) is 2. The van der Waals surface area contributed by atoms with Gasteiger partial charge in [0.15, 0.2) is 12.4 Å². The summed E-state index contributed by atoms with van der Waals surface area (Å²) in [4.78, 5) is 31.1. The Balaban J connectivity index is 1.60. The third kappa shape index (κ3) is 4.62. The summed E-state index contributed by atoms with van der Waals surface area (Å²) in [6.07, 6.45) is 0. The van der Waals surface area contributed by atoms with E-state index in [2.05, 4.69) is 16.4 Å². The van der Waals surface area contributed by atoms with Crippen LogP contribution in [0.4, 0.5) is 0 Å². The number of ether oxygens (including phenoxy) is 1. The second-order valence-corrected chi connectivity index (χ2v) is 8.65. The third-order valence-corrected chi connectivity index (χ3v) is 6.06. The summed E-state index contributed by atoms with van der Waals surface area (Å²) in [5.41, 5.74) is 4.17. The zero-order chi connectivity index (χ0) is 23.5. The maximum absolute atomic E-state index is 13.6. The minimum Gasteiger partial charge on any atom is -0.484 e. The number of nitriles is 1. The number of nitrogens with one attached hydrogen (secondary N) is 2. The average molecular weight is 445 g/mol. The van der Waals surface area contributed by atoms with E-state index < -0.39 is 0 Å². The highest BCUT2D eigenvalue weighted by Gasteiger charge is 2.23. The Bertz CT molecular complexity index is 1250. The van der Waals surface area contributed by atoms with E-state index in [1.165, 1.54) is 0 Å². The number of aromatic nitrogens is 1. The van der Waals surface area contributed by atoms with E-state index in [9.17, 15) is 9.59 Å². The first-order valence-electron chi connectivity index (χ1n) is 11.2. The maximum atomic E-state index is 13.6. The van der Waals surface area contributed by atoms with Crippen LogP contribution in [0.25, 0.3) is 10.9 Å². The molecule has 1 aliphatic rings. The summed E-state index contributed by atoms with van der Waals surface area (Å²) in [5, 5.41) is 13.2. The summed E-state index contributed by atoms with van der Waals surface area (Å²) < 4.78 is 5.80. The molecule has 1 aromatic heterocycles. The number of fused-ring (bicyclic) bond motifs is 1. The standard InChI is InChI=1S/C26H28N4O3/c1-16(2)22-13-19(33-15-24(31)30-10-8-28-9-11-30)5-7-20(22)26(32)25-17(3)29-23-12-18(14-27)4-6-21(23)25/h4-7,12-13,16,28-29H,8-11,15H2,1-3H3. The molecular weight excluding hydrogens is 416 g/mol. The van der Waals surface area contributed by atoms with Crippen molar-refractivity contribution in [2.75, 3.05) is 32.8 Å². The molecule has 0 aliphatic carbocycles. The summed E-state index contributed by atoms with van der Waals surface area (Å²) in [5.74, 6) is 0.560. The van der Waals surface area contributed by atoms with Gasteiger partial charge < -0.3 is 19.9 Å². The lowest BCUT2D eigenvalue weighted by atomic mass is 9.91. The molecule has 4 rings (SSSR count). The molecule has 0 unspecified atom stereocenters. The highest BCUT2D eigenvalue weighted by atomic mass is 16.5. The number of hydrogen-bond acceptors (Lipinski definition) is 5. The third-order valence-electron chi connectivity index (χ3n) is 6.06. The number of piperazine rings is 1. The van der Waals surface area contributed by atoms with Crippen LogP contribution in [-0.4, -0.2) is 54.4 Å². The van der Waals surface area contributed by atoms with E-state index in [0.29, 0.717) is 35.5 Å². The van der Waals surface area contributed by atoms with Crippen molar-refractivity contribution in [1.29, 1.82) is 5.26 Å². The zero-order valence-corrected chi connectivity index (χ0v) is 19.2. The van der Waals surface area contributed by atoms with Crippen LogP contribution in [0, 0.1) is 18.3 Å². The first-order chi connectivity index (χ1) is 15.9. The van der Waals surface area contributed by atoms with E-state index in [4.69, 9.17) is 10.00 Å². The smallest absolute Gasteiger partial charge is 0.260 e. The number of amides is 1. The molecule has 0 atom stereocenters. The van der Waals surface area contributed by atoms with Gasteiger partial charge in [-0.15, -0.1) is 0 Å². The summed E-state index contributed by atoms with van der Waals surface area (Å²) in [6.45, 7) is 8.88. The van der Waals surface area contributed by atoms with Crippen LogP contribution in [0.2, 0.25) is 0 Å². The first kappa shape index (κ1) is 22.6. The molecule has 3 aromatic rings. The highest BCUT2D eigenvalue weighted by Crippen LogP contribution is 2.31. The Kier molecular flexibility index (Phi) is 6.47. The molecule has 0 bridgehead atoms. The van der Waals surface area contributed by atoms with Gasteiger partial charge in [0.2, 0.25) is 0 Å². The van der Waals surface area contributed by atoms with Crippen molar-refractivity contribution in [2.24, 2.45) is 0 Å². The molecule has 1 saturated heterocycles. The van der Waals surface area contributed by atoms with Gasteiger partial charge in [-0.2, -0.15) is 5.26 Å². The van der Waals surface area contributed by atoms with Crippen LogP contribution in [0.5, 0.6) is 5.75 Å². The van der Waals surface area contributed by atoms with Crippen molar-refractivity contribution in [3.63, 3.8) is 0 Å². The fourth-order valence-corrected chi connectivity index (χ4v) is 4.29. The number of nitrogens with zero attached hydrogens (tertiary/aromatic N) is 2. The molecule has 7 heteroatoms. The number of carbonyl (C=O) groups is 2. The fraction of sp³-hybridized carbons (Fsp3) is 0.346. The van der Waals surface area contributed by atoms with Crippen LogP contribution >= 0.6 is 0 Å². The summed E-state index contributed by atoms with van der Waals surface area (Å²) >= 11 is 0. The molecule has 2 heterocycles. The van der Waals surface area contributed by atoms with Gasteiger partial charge in [0.1, 0.15) is 5.75 Å². The minimum atomic E-state index is -0.0735. The number of H-pyrrole nitrogens is 1. The number of rotatable bonds is 6. The number of aromatic amines is 1. The largest absolute Gasteiger partial charge is 0.484 e. The van der Waals surface area contributed by atoms with Gasteiger partial charge in [-0.3, -0.25) is 9.59 Å². The van der Waals surface area contributed by atoms with Gasteiger partial charge >= 0.3 is 0 Å². The van der Waals surface area contributed by atoms with Crippen molar-refractivity contribution in [2.45, 2.75) is 26.7 Å². The van der Waals surface area contributed by atoms with Crippen LogP contribution in [0.1, 0.15) is 52.5 Å². The predicted octanol–water partition coefficient (Wildman–Crippen LogP) is 3.51. The Labute approximate surface area is 193 Å². The monoisotopic (exact) mass is 444 g/mol. The van der Waals surface area contributed by atoms with Gasteiger partial charge in [0.05, 0.1) is 17.2 Å². The molecule has 2 aromatic carbocycles. The number of carbonyl (C=O) groups excluding carboxylic acids is 2. The minimum absolute atomic E-state index is 0.0202. The van der Waals surface area contributed by atoms with E-state index in [-0.39, 0.29) is 24.2 Å². The lowest BCUT2D eigenvalue weighted by Gasteiger charge is -2.27. The quantitative estimate of drug-likeness (QED) is 0.567. The molecule has 1 fully saturated rings. The number of ketones is 1. The van der Waals surface area contributed by atoms with Gasteiger partial charge in [-0.1, -0.05) is 19.9 Å². The van der Waals surface area contributed by atoms with Gasteiger partial charge in [-0.05, 0) is 48.7 Å². The van der Waals surface area contributed by atoms with Crippen molar-refractivity contribution in [3.05, 3.63) is 64.3 Å². The Morgan fingerprint density at radius 3 is 2.61 bits per heavy atom. The van der Waals surface area contributed by atoms with Crippen molar-refractivity contribution >= 4 is 22.6 Å². The SMILES string of the molecule is Cc1[nH]c2cc(C#N)ccc2c1C(=O)c1ccc(OCC(=O)N2CCNCC2)cc1C(C)C. The Morgan fingerprint density at radius 1 is 1.15 bits per heavy atom. The number of aryl methyl sites for hydroxylation is 1. The maximum Gasteiger partial charge on any atom is 0.260 e. The molecule has 170 valence electrons. The topological polar surface area (TPSA) is 98.2 Å². The summed E-state index contributed by atoms with van der Waals surface area (Å²) in [6, 6.07) is 12.8. The lowest BCUT2D eigenvalue weighted by Crippen LogP contribution is -2.47. The van der Waals surface area contributed by atoms with Gasteiger partial charge in [-0.25, -0.2) is 0 Å². The molecule has 0 saturated carbocycles. The van der Waals surface area contributed by atoms with Crippen molar-refractivity contribution < 1.29 is 14.3 Å². The second kappa shape index (κ2) is 9.47. The van der Waals surface area contributed by atoms with Crippen molar-refractivity contribution in [1.82, 2.24) is 15.2 Å². The molecule has 0 spiro atoms. The molecule has 2 N–H and O–H groups in total. The molecule has 7 nitrogen and oxygen atoms in total. The van der Waals surface area contributed by atoms with Crippen LogP contribution < -0.4 is 10.1 Å². The summed E-state index contributed by atoms with van der Waals surface area (Å²) in [7, 11) is 0. The van der Waals surface area contributed by atoms with Gasteiger partial charge in [0.25, 0.3) is 5.91 Å². The zero-order valence-electron chi connectivity index (χ0n) is 19.2. The fourth-order valence-electron chi connectivity index (χ4n) is 4.29. The van der Waals surface area contributed by atoms with Crippen molar-refractivity contribution in [3.8, 4) is 11.8 Å².